The molecule has 2 heteroatoms. The molecule has 1 aromatic rings. The normalized spacial score (nSPS) is 16.9. The van der Waals surface area contributed by atoms with E-state index in [1.165, 1.54) is 18.1 Å². The third-order valence-electron chi connectivity index (χ3n) is 2.94. The van der Waals surface area contributed by atoms with Crippen molar-refractivity contribution >= 4 is 17.2 Å². The van der Waals surface area contributed by atoms with E-state index in [2.05, 4.69) is 0 Å². The second-order valence-corrected chi connectivity index (χ2v) is 4.17. The Morgan fingerprint density at radius 3 is 2.60 bits per heavy atom. The molecule has 2 rings (SSSR count). The Hall–Kier alpha value is -0.820. The highest BCUT2D eigenvalue weighted by atomic mass is 35.5. The van der Waals surface area contributed by atoms with Gasteiger partial charge >= 0.3 is 0 Å². The Kier molecular flexibility index (Phi) is 3.42. The number of alkyl halides is 1. The molecule has 15 heavy (non-hydrogen) atoms. The summed E-state index contributed by atoms with van der Waals surface area (Å²) < 4.78 is 13.6. The molecule has 0 atom stereocenters. The number of rotatable bonds is 2. The fourth-order valence-electron chi connectivity index (χ4n) is 2.15. The van der Waals surface area contributed by atoms with Crippen LogP contribution in [0, 0.1) is 5.82 Å². The summed E-state index contributed by atoms with van der Waals surface area (Å²) in [5.74, 6) is 0.404. The van der Waals surface area contributed by atoms with Gasteiger partial charge in [-0.05, 0) is 37.3 Å². The molecule has 1 aliphatic carbocycles. The van der Waals surface area contributed by atoms with E-state index in [0.29, 0.717) is 5.88 Å². The fraction of sp³-hybridized carbons (Fsp3) is 0.385. The van der Waals surface area contributed by atoms with Crippen LogP contribution in [0.1, 0.15) is 31.2 Å². The number of hydrogen-bond donors (Lipinski definition) is 0. The minimum absolute atomic E-state index is 0.128. The fourth-order valence-corrected chi connectivity index (χ4v) is 2.44. The van der Waals surface area contributed by atoms with Crippen LogP contribution in [0.3, 0.4) is 0 Å². The number of benzene rings is 1. The summed E-state index contributed by atoms with van der Waals surface area (Å²) in [4.78, 5) is 0. The molecule has 0 aromatic heterocycles. The van der Waals surface area contributed by atoms with Crippen LogP contribution in [0.5, 0.6) is 0 Å². The molecule has 0 spiro atoms. The van der Waals surface area contributed by atoms with Crippen molar-refractivity contribution < 1.29 is 4.39 Å². The Morgan fingerprint density at radius 2 is 1.87 bits per heavy atom. The summed E-state index contributed by atoms with van der Waals surface area (Å²) in [5.41, 5.74) is 3.09. The predicted octanol–water partition coefficient (Wildman–Crippen LogP) is 4.39. The third kappa shape index (κ3) is 2.23. The minimum Gasteiger partial charge on any atom is -0.206 e. The first kappa shape index (κ1) is 10.7. The van der Waals surface area contributed by atoms with Crippen molar-refractivity contribution in [2.24, 2.45) is 0 Å². The van der Waals surface area contributed by atoms with Crippen molar-refractivity contribution in [3.63, 3.8) is 0 Å². The molecule has 0 aliphatic heterocycles. The highest BCUT2D eigenvalue weighted by molar-refractivity contribution is 6.20. The molecule has 0 bridgehead atoms. The van der Waals surface area contributed by atoms with Gasteiger partial charge in [0.15, 0.2) is 0 Å². The lowest BCUT2D eigenvalue weighted by Crippen LogP contribution is -2.02. The van der Waals surface area contributed by atoms with Crippen molar-refractivity contribution in [1.29, 1.82) is 0 Å². The smallest absolute Gasteiger partial charge is 0.130 e. The summed E-state index contributed by atoms with van der Waals surface area (Å²) in [5, 5.41) is 0. The Balaban J connectivity index is 2.44. The molecular weight excluding hydrogens is 211 g/mol. The van der Waals surface area contributed by atoms with Crippen molar-refractivity contribution in [3.05, 3.63) is 41.2 Å². The van der Waals surface area contributed by atoms with Gasteiger partial charge in [0.05, 0.1) is 0 Å². The summed E-state index contributed by atoms with van der Waals surface area (Å²) >= 11 is 5.90. The average molecular weight is 225 g/mol. The van der Waals surface area contributed by atoms with E-state index in [4.69, 9.17) is 11.6 Å². The summed E-state index contributed by atoms with van der Waals surface area (Å²) in [7, 11) is 0. The lowest BCUT2D eigenvalue weighted by Gasteiger charge is -2.19. The van der Waals surface area contributed by atoms with Gasteiger partial charge in [0.25, 0.3) is 0 Å². The standard InChI is InChI=1S/C13H14ClF/c14-9-10-5-1-2-6-11(10)12-7-3-4-8-13(12)15/h3-4,7-8H,1-2,5-6,9H2. The second kappa shape index (κ2) is 4.80. The molecule has 0 fully saturated rings. The van der Waals surface area contributed by atoms with E-state index in [-0.39, 0.29) is 5.82 Å². The molecule has 0 nitrogen and oxygen atoms in total. The van der Waals surface area contributed by atoms with E-state index in [9.17, 15) is 4.39 Å². The molecule has 0 amide bonds. The maximum atomic E-state index is 13.6. The molecule has 0 saturated heterocycles. The van der Waals surface area contributed by atoms with E-state index >= 15 is 0 Å². The Morgan fingerprint density at radius 1 is 1.13 bits per heavy atom. The van der Waals surface area contributed by atoms with Gasteiger partial charge in [-0.15, -0.1) is 11.6 Å². The monoisotopic (exact) mass is 224 g/mol. The number of halogens is 2. The maximum absolute atomic E-state index is 13.6. The first-order valence-corrected chi connectivity index (χ1v) is 5.88. The summed E-state index contributed by atoms with van der Waals surface area (Å²) in [6, 6.07) is 6.97. The average Bonchev–Trinajstić information content (AvgIpc) is 2.30. The topological polar surface area (TPSA) is 0 Å². The van der Waals surface area contributed by atoms with Gasteiger partial charge in [-0.3, -0.25) is 0 Å². The van der Waals surface area contributed by atoms with Gasteiger partial charge in [-0.1, -0.05) is 23.8 Å². The van der Waals surface area contributed by atoms with Crippen LogP contribution < -0.4 is 0 Å². The lowest BCUT2D eigenvalue weighted by atomic mass is 9.88. The summed E-state index contributed by atoms with van der Waals surface area (Å²) in [6.07, 6.45) is 4.31. The Bertz CT molecular complexity index is 382. The molecule has 0 N–H and O–H groups in total. The van der Waals surface area contributed by atoms with Gasteiger partial charge in [0, 0.05) is 11.4 Å². The van der Waals surface area contributed by atoms with E-state index in [0.717, 1.165) is 30.4 Å². The molecule has 1 aliphatic rings. The van der Waals surface area contributed by atoms with Gasteiger partial charge in [-0.25, -0.2) is 4.39 Å². The van der Waals surface area contributed by atoms with Crippen LogP contribution in [0.4, 0.5) is 4.39 Å². The third-order valence-corrected chi connectivity index (χ3v) is 3.27. The van der Waals surface area contributed by atoms with Crippen LogP contribution in [0.2, 0.25) is 0 Å². The SMILES string of the molecule is Fc1ccccc1C1=C(CCl)CCCC1. The molecule has 0 saturated carbocycles. The lowest BCUT2D eigenvalue weighted by molar-refractivity contribution is 0.619. The van der Waals surface area contributed by atoms with Crippen LogP contribution in [0.15, 0.2) is 29.8 Å². The van der Waals surface area contributed by atoms with Gasteiger partial charge in [-0.2, -0.15) is 0 Å². The molecule has 1 aromatic carbocycles. The predicted molar refractivity (Wildman–Crippen MR) is 62.5 cm³/mol. The largest absolute Gasteiger partial charge is 0.206 e. The molecule has 0 radical (unpaired) electrons. The number of allylic oxidation sites excluding steroid dienone is 2. The molecule has 0 unspecified atom stereocenters. The first-order valence-electron chi connectivity index (χ1n) is 5.34. The van der Waals surface area contributed by atoms with Gasteiger partial charge < -0.3 is 0 Å². The molecule has 80 valence electrons. The highest BCUT2D eigenvalue weighted by Gasteiger charge is 2.15. The second-order valence-electron chi connectivity index (χ2n) is 3.90. The quantitative estimate of drug-likeness (QED) is 0.654. The van der Waals surface area contributed by atoms with Crippen LogP contribution in [0.25, 0.3) is 5.57 Å². The summed E-state index contributed by atoms with van der Waals surface area (Å²) in [6.45, 7) is 0. The van der Waals surface area contributed by atoms with E-state index in [1.54, 1.807) is 6.07 Å². The highest BCUT2D eigenvalue weighted by Crippen LogP contribution is 2.33. The van der Waals surface area contributed by atoms with E-state index in [1.807, 2.05) is 12.1 Å². The van der Waals surface area contributed by atoms with Crippen molar-refractivity contribution in [2.75, 3.05) is 5.88 Å². The van der Waals surface area contributed by atoms with Crippen molar-refractivity contribution in [1.82, 2.24) is 0 Å². The zero-order chi connectivity index (χ0) is 10.7. The van der Waals surface area contributed by atoms with Crippen LogP contribution in [-0.2, 0) is 0 Å². The Labute approximate surface area is 94.8 Å². The van der Waals surface area contributed by atoms with Crippen molar-refractivity contribution in [2.45, 2.75) is 25.7 Å². The van der Waals surface area contributed by atoms with Crippen molar-refractivity contribution in [3.8, 4) is 0 Å². The molecular formula is C13H14ClF. The number of hydrogen-bond acceptors (Lipinski definition) is 0. The zero-order valence-electron chi connectivity index (χ0n) is 8.60. The van der Waals surface area contributed by atoms with Gasteiger partial charge in [0.2, 0.25) is 0 Å². The molecule has 0 heterocycles. The van der Waals surface area contributed by atoms with E-state index < -0.39 is 0 Å². The maximum Gasteiger partial charge on any atom is 0.130 e. The van der Waals surface area contributed by atoms with Crippen LogP contribution in [-0.4, -0.2) is 5.88 Å². The minimum atomic E-state index is -0.128. The first-order chi connectivity index (χ1) is 7.33. The zero-order valence-corrected chi connectivity index (χ0v) is 9.36. The van der Waals surface area contributed by atoms with Gasteiger partial charge in [0.1, 0.15) is 5.82 Å². The van der Waals surface area contributed by atoms with Crippen LogP contribution >= 0.6 is 11.6 Å².